The smallest absolute Gasteiger partial charge is 0.322 e. The Balaban J connectivity index is 2.07. The van der Waals surface area contributed by atoms with Crippen LogP contribution in [0.3, 0.4) is 0 Å². The number of nitrogens with zero attached hydrogens (tertiary/aromatic N) is 4. The average molecular weight is 308 g/mol. The van der Waals surface area contributed by atoms with E-state index in [0.717, 1.165) is 18.5 Å². The van der Waals surface area contributed by atoms with Gasteiger partial charge in [0.25, 0.3) is 0 Å². The van der Waals surface area contributed by atoms with E-state index in [2.05, 4.69) is 38.2 Å². The van der Waals surface area contributed by atoms with Gasteiger partial charge in [0.15, 0.2) is 0 Å². The Morgan fingerprint density at radius 2 is 2.10 bits per heavy atom. The molecule has 0 saturated heterocycles. The van der Waals surface area contributed by atoms with Gasteiger partial charge < -0.3 is 10.1 Å². The van der Waals surface area contributed by atoms with E-state index < -0.39 is 0 Å². The van der Waals surface area contributed by atoms with Gasteiger partial charge in [0.2, 0.25) is 11.2 Å². The van der Waals surface area contributed by atoms with Gasteiger partial charge in [0.05, 0.1) is 18.8 Å². The van der Waals surface area contributed by atoms with E-state index in [4.69, 9.17) is 16.3 Å². The van der Waals surface area contributed by atoms with Crippen molar-refractivity contribution >= 4 is 17.5 Å². The van der Waals surface area contributed by atoms with Crippen LogP contribution in [0, 0.1) is 0 Å². The molecule has 2 aromatic rings. The molecule has 0 radical (unpaired) electrons. The van der Waals surface area contributed by atoms with Gasteiger partial charge in [0.1, 0.15) is 0 Å². The third-order valence-electron chi connectivity index (χ3n) is 2.80. The Hall–Kier alpha value is -1.95. The molecular formula is C14H18ClN5O. The number of halogens is 1. The predicted octanol–water partition coefficient (Wildman–Crippen LogP) is 2.88. The maximum Gasteiger partial charge on any atom is 0.322 e. The van der Waals surface area contributed by atoms with E-state index in [1.54, 1.807) is 6.20 Å². The number of hydrogen-bond acceptors (Lipinski definition) is 6. The first-order valence-electron chi connectivity index (χ1n) is 6.94. The van der Waals surface area contributed by atoms with E-state index in [1.807, 2.05) is 13.0 Å². The van der Waals surface area contributed by atoms with Crippen LogP contribution < -0.4 is 10.1 Å². The van der Waals surface area contributed by atoms with Gasteiger partial charge in [-0.15, -0.1) is 0 Å². The highest BCUT2D eigenvalue weighted by atomic mass is 35.5. The van der Waals surface area contributed by atoms with Gasteiger partial charge in [-0.05, 0) is 36.1 Å². The lowest BCUT2D eigenvalue weighted by Crippen LogP contribution is -2.09. The van der Waals surface area contributed by atoms with Crippen LogP contribution in [0.2, 0.25) is 5.28 Å². The van der Waals surface area contributed by atoms with Crippen LogP contribution in [-0.4, -0.2) is 26.5 Å². The molecular weight excluding hydrogens is 290 g/mol. The zero-order valence-corrected chi connectivity index (χ0v) is 12.9. The van der Waals surface area contributed by atoms with Crippen molar-refractivity contribution in [3.8, 4) is 6.01 Å². The Labute approximate surface area is 129 Å². The molecule has 2 heterocycles. The molecule has 0 saturated carbocycles. The zero-order chi connectivity index (χ0) is 15.1. The van der Waals surface area contributed by atoms with Crippen molar-refractivity contribution in [3.63, 3.8) is 0 Å². The summed E-state index contributed by atoms with van der Waals surface area (Å²) in [6, 6.07) is 4.22. The molecule has 0 aliphatic heterocycles. The molecule has 0 amide bonds. The van der Waals surface area contributed by atoms with Gasteiger partial charge in [0, 0.05) is 6.20 Å². The molecule has 0 aliphatic rings. The van der Waals surface area contributed by atoms with E-state index >= 15 is 0 Å². The summed E-state index contributed by atoms with van der Waals surface area (Å²) in [7, 11) is 0. The van der Waals surface area contributed by atoms with E-state index in [1.165, 1.54) is 5.56 Å². The lowest BCUT2D eigenvalue weighted by Gasteiger charge is -2.09. The molecule has 21 heavy (non-hydrogen) atoms. The summed E-state index contributed by atoms with van der Waals surface area (Å²) in [5.41, 5.74) is 2.15. The minimum atomic E-state index is 0.107. The van der Waals surface area contributed by atoms with Gasteiger partial charge in [-0.25, -0.2) is 0 Å². The molecule has 0 aliphatic carbocycles. The lowest BCUT2D eigenvalue weighted by atomic mass is 10.1. The molecule has 0 aromatic carbocycles. The van der Waals surface area contributed by atoms with Crippen molar-refractivity contribution in [1.82, 2.24) is 19.9 Å². The molecule has 2 aromatic heterocycles. The molecule has 2 rings (SSSR count). The quantitative estimate of drug-likeness (QED) is 0.848. The lowest BCUT2D eigenvalue weighted by molar-refractivity contribution is 0.291. The summed E-state index contributed by atoms with van der Waals surface area (Å²) in [4.78, 5) is 16.5. The Kier molecular flexibility index (Phi) is 5.68. The van der Waals surface area contributed by atoms with Crippen LogP contribution in [0.5, 0.6) is 6.01 Å². The average Bonchev–Trinajstić information content (AvgIpc) is 2.50. The normalized spacial score (nSPS) is 10.4. The standard InChI is InChI=1S/C14H18ClN5O/c1-3-8-21-14-19-12(15)18-13(20-14)17-9-11-10(4-2)6-5-7-16-11/h5-7H,3-4,8-9H2,1-2H3,(H,17,18,19,20). The molecule has 0 fully saturated rings. The van der Waals surface area contributed by atoms with E-state index in [-0.39, 0.29) is 11.3 Å². The number of aromatic nitrogens is 4. The Bertz CT molecular complexity index is 593. The van der Waals surface area contributed by atoms with Gasteiger partial charge in [-0.2, -0.15) is 15.0 Å². The van der Waals surface area contributed by atoms with Gasteiger partial charge >= 0.3 is 6.01 Å². The van der Waals surface area contributed by atoms with Crippen molar-refractivity contribution in [3.05, 3.63) is 34.9 Å². The Morgan fingerprint density at radius 1 is 1.24 bits per heavy atom. The van der Waals surface area contributed by atoms with Gasteiger partial charge in [-0.1, -0.05) is 19.9 Å². The molecule has 0 unspecified atom stereocenters. The van der Waals surface area contributed by atoms with Crippen LogP contribution in [0.1, 0.15) is 31.5 Å². The second-order valence-electron chi connectivity index (χ2n) is 4.38. The van der Waals surface area contributed by atoms with Crippen LogP contribution >= 0.6 is 11.6 Å². The third kappa shape index (κ3) is 4.53. The number of aryl methyl sites for hydroxylation is 1. The molecule has 7 heteroatoms. The van der Waals surface area contributed by atoms with Crippen molar-refractivity contribution in [2.75, 3.05) is 11.9 Å². The van der Waals surface area contributed by atoms with Crippen molar-refractivity contribution < 1.29 is 4.74 Å². The first kappa shape index (κ1) is 15.4. The SMILES string of the molecule is CCCOc1nc(Cl)nc(NCc2ncccc2CC)n1. The number of pyridine rings is 1. The maximum atomic E-state index is 5.87. The number of rotatable bonds is 7. The highest BCUT2D eigenvalue weighted by molar-refractivity contribution is 6.28. The fourth-order valence-corrected chi connectivity index (χ4v) is 1.94. The van der Waals surface area contributed by atoms with Crippen molar-refractivity contribution in [2.24, 2.45) is 0 Å². The van der Waals surface area contributed by atoms with Crippen LogP contribution in [-0.2, 0) is 13.0 Å². The summed E-state index contributed by atoms with van der Waals surface area (Å²) >= 11 is 5.87. The monoisotopic (exact) mass is 307 g/mol. The largest absolute Gasteiger partial charge is 0.463 e. The highest BCUT2D eigenvalue weighted by Crippen LogP contribution is 2.13. The predicted molar refractivity (Wildman–Crippen MR) is 81.6 cm³/mol. The summed E-state index contributed by atoms with van der Waals surface area (Å²) in [6.45, 7) is 5.17. The number of nitrogens with one attached hydrogen (secondary N) is 1. The van der Waals surface area contributed by atoms with E-state index in [0.29, 0.717) is 19.1 Å². The van der Waals surface area contributed by atoms with Crippen molar-refractivity contribution in [2.45, 2.75) is 33.2 Å². The van der Waals surface area contributed by atoms with Crippen LogP contribution in [0.25, 0.3) is 0 Å². The summed E-state index contributed by atoms with van der Waals surface area (Å²) in [5.74, 6) is 0.383. The first-order valence-corrected chi connectivity index (χ1v) is 7.31. The molecule has 112 valence electrons. The van der Waals surface area contributed by atoms with Crippen molar-refractivity contribution in [1.29, 1.82) is 0 Å². The second-order valence-corrected chi connectivity index (χ2v) is 4.71. The minimum Gasteiger partial charge on any atom is -0.463 e. The molecule has 0 bridgehead atoms. The first-order chi connectivity index (χ1) is 10.2. The molecule has 6 nitrogen and oxygen atoms in total. The van der Waals surface area contributed by atoms with Crippen LogP contribution in [0.15, 0.2) is 18.3 Å². The molecule has 1 N–H and O–H groups in total. The fraction of sp³-hybridized carbons (Fsp3) is 0.429. The third-order valence-corrected chi connectivity index (χ3v) is 2.97. The number of ether oxygens (including phenoxy) is 1. The van der Waals surface area contributed by atoms with Gasteiger partial charge in [-0.3, -0.25) is 4.98 Å². The summed E-state index contributed by atoms with van der Waals surface area (Å²) < 4.78 is 5.37. The summed E-state index contributed by atoms with van der Waals surface area (Å²) in [6.07, 6.45) is 3.57. The molecule has 0 spiro atoms. The van der Waals surface area contributed by atoms with Crippen LogP contribution in [0.4, 0.5) is 5.95 Å². The Morgan fingerprint density at radius 3 is 2.86 bits per heavy atom. The summed E-state index contributed by atoms with van der Waals surface area (Å²) in [5, 5.41) is 3.21. The minimum absolute atomic E-state index is 0.107. The number of anilines is 1. The zero-order valence-electron chi connectivity index (χ0n) is 12.1. The molecule has 0 atom stereocenters. The second kappa shape index (κ2) is 7.73. The fourth-order valence-electron chi connectivity index (χ4n) is 1.78. The topological polar surface area (TPSA) is 72.8 Å². The number of hydrogen-bond donors (Lipinski definition) is 1. The maximum absolute atomic E-state index is 5.87. The van der Waals surface area contributed by atoms with E-state index in [9.17, 15) is 0 Å². The highest BCUT2D eigenvalue weighted by Gasteiger charge is 2.07.